The van der Waals surface area contributed by atoms with Crippen molar-refractivity contribution in [2.45, 2.75) is 62.2 Å². The quantitative estimate of drug-likeness (QED) is 0.794. The monoisotopic (exact) mass is 350 g/mol. The number of rotatable bonds is 2. The first-order chi connectivity index (χ1) is 9.47. The Morgan fingerprint density at radius 1 is 0.773 bits per heavy atom. The molecule has 1 rings (SSSR count). The molecule has 1 aromatic rings. The van der Waals surface area contributed by atoms with Gasteiger partial charge in [0, 0.05) is 0 Å². The maximum atomic E-state index is 11.8. The minimum Gasteiger partial charge on any atom is -0.282 e. The summed E-state index contributed by atoms with van der Waals surface area (Å²) < 4.78 is 65.6. The molecule has 0 aliphatic carbocycles. The predicted molar refractivity (Wildman–Crippen MR) is 83.5 cm³/mol. The molecule has 22 heavy (non-hydrogen) atoms. The molecule has 0 saturated carbocycles. The average molecular weight is 350 g/mol. The molecular formula is C14H22O6S2. The van der Waals surface area contributed by atoms with Crippen molar-refractivity contribution in [2.24, 2.45) is 0 Å². The molecule has 0 bridgehead atoms. The highest BCUT2D eigenvalue weighted by atomic mass is 32.2. The molecule has 0 saturated heterocycles. The van der Waals surface area contributed by atoms with Gasteiger partial charge in [0.05, 0.1) is 0 Å². The first-order valence-corrected chi connectivity index (χ1v) is 9.48. The summed E-state index contributed by atoms with van der Waals surface area (Å²) in [4.78, 5) is -1.57. The van der Waals surface area contributed by atoms with Crippen LogP contribution >= 0.6 is 0 Å². The number of benzene rings is 1. The van der Waals surface area contributed by atoms with Crippen LogP contribution in [-0.4, -0.2) is 25.9 Å². The lowest BCUT2D eigenvalue weighted by Gasteiger charge is -2.32. The molecule has 0 amide bonds. The van der Waals surface area contributed by atoms with Gasteiger partial charge in [-0.25, -0.2) is 0 Å². The van der Waals surface area contributed by atoms with E-state index >= 15 is 0 Å². The van der Waals surface area contributed by atoms with Crippen LogP contribution in [0.15, 0.2) is 21.9 Å². The average Bonchev–Trinajstić information content (AvgIpc) is 2.22. The van der Waals surface area contributed by atoms with E-state index in [4.69, 9.17) is 0 Å². The Balaban J connectivity index is 4.21. The largest absolute Gasteiger partial charge is 0.296 e. The summed E-state index contributed by atoms with van der Waals surface area (Å²) in [5, 5.41) is 0. The normalized spacial score (nSPS) is 14.2. The van der Waals surface area contributed by atoms with E-state index < -0.39 is 40.9 Å². The number of hydrogen-bond donors (Lipinski definition) is 2. The first-order valence-electron chi connectivity index (χ1n) is 6.60. The molecule has 0 radical (unpaired) electrons. The van der Waals surface area contributed by atoms with Crippen molar-refractivity contribution in [1.82, 2.24) is 0 Å². The van der Waals surface area contributed by atoms with Gasteiger partial charge < -0.3 is 0 Å². The molecule has 8 heteroatoms. The summed E-state index contributed by atoms with van der Waals surface area (Å²) in [5.74, 6) is 0. The maximum Gasteiger partial charge on any atom is 0.296 e. The van der Waals surface area contributed by atoms with Crippen molar-refractivity contribution >= 4 is 20.2 Å². The lowest BCUT2D eigenvalue weighted by atomic mass is 9.75. The van der Waals surface area contributed by atoms with Gasteiger partial charge in [-0.3, -0.25) is 9.11 Å². The Morgan fingerprint density at radius 2 is 1.23 bits per heavy atom. The zero-order chi connectivity index (χ0) is 17.7. The summed E-state index contributed by atoms with van der Waals surface area (Å²) in [6, 6.07) is 2.48. The van der Waals surface area contributed by atoms with Gasteiger partial charge in [-0.05, 0) is 28.0 Å². The van der Waals surface area contributed by atoms with Gasteiger partial charge in [-0.1, -0.05) is 47.6 Å². The van der Waals surface area contributed by atoms with Gasteiger partial charge in [0.1, 0.15) is 9.79 Å². The zero-order valence-electron chi connectivity index (χ0n) is 13.5. The Kier molecular flexibility index (Phi) is 4.59. The fraction of sp³-hybridized carbons (Fsp3) is 0.571. The number of hydrogen-bond acceptors (Lipinski definition) is 4. The first kappa shape index (κ1) is 19.1. The molecule has 0 heterocycles. The Labute approximate surface area is 132 Å². The summed E-state index contributed by atoms with van der Waals surface area (Å²) >= 11 is 0. The van der Waals surface area contributed by atoms with Gasteiger partial charge in [-0.2, -0.15) is 16.8 Å². The van der Waals surface area contributed by atoms with E-state index in [1.54, 1.807) is 20.8 Å². The van der Waals surface area contributed by atoms with Crippen LogP contribution in [0.1, 0.15) is 52.7 Å². The van der Waals surface area contributed by atoms with Gasteiger partial charge in [0.2, 0.25) is 0 Å². The van der Waals surface area contributed by atoms with Crippen molar-refractivity contribution in [2.75, 3.05) is 0 Å². The highest BCUT2D eigenvalue weighted by Crippen LogP contribution is 2.40. The van der Waals surface area contributed by atoms with Gasteiger partial charge in [0.15, 0.2) is 0 Å². The Hall–Kier alpha value is -0.960. The topological polar surface area (TPSA) is 109 Å². The van der Waals surface area contributed by atoms with Crippen molar-refractivity contribution in [3.8, 4) is 0 Å². The summed E-state index contributed by atoms with van der Waals surface area (Å²) in [6.45, 7) is 10.7. The lowest BCUT2D eigenvalue weighted by Crippen LogP contribution is -2.26. The summed E-state index contributed by atoms with van der Waals surface area (Å²) in [7, 11) is -9.65. The SMILES string of the molecule is CC(C)(C)c1ccc(S(=O)(=O)O)c(S(=O)(=O)O)c1C(C)(C)C. The van der Waals surface area contributed by atoms with Crippen LogP contribution < -0.4 is 0 Å². The Morgan fingerprint density at radius 3 is 1.50 bits per heavy atom. The predicted octanol–water partition coefficient (Wildman–Crippen LogP) is 2.78. The van der Waals surface area contributed by atoms with Crippen LogP contribution in [0.4, 0.5) is 0 Å². The molecule has 2 N–H and O–H groups in total. The molecule has 126 valence electrons. The van der Waals surface area contributed by atoms with Crippen LogP contribution in [0.5, 0.6) is 0 Å². The summed E-state index contributed by atoms with van der Waals surface area (Å²) in [5.41, 5.74) is -0.494. The molecule has 1 aromatic carbocycles. The molecule has 0 atom stereocenters. The molecule has 0 aliphatic rings. The summed E-state index contributed by atoms with van der Waals surface area (Å²) in [6.07, 6.45) is 0. The van der Waals surface area contributed by atoms with Crippen molar-refractivity contribution in [3.05, 3.63) is 23.3 Å². The van der Waals surface area contributed by atoms with E-state index in [0.29, 0.717) is 5.56 Å². The molecule has 0 spiro atoms. The standard InChI is InChI=1S/C14H22O6S2/c1-13(2,3)9-7-8-10(21(15,16)17)12(22(18,19)20)11(9)14(4,5)6/h7-8H,1-6H3,(H,15,16,17)(H,18,19,20). The second-order valence-corrected chi connectivity index (χ2v) is 10.0. The maximum absolute atomic E-state index is 11.8. The fourth-order valence-electron chi connectivity index (χ4n) is 2.39. The molecule has 0 aromatic heterocycles. The molecule has 0 unspecified atom stereocenters. The van der Waals surface area contributed by atoms with Crippen molar-refractivity contribution in [3.63, 3.8) is 0 Å². The van der Waals surface area contributed by atoms with Crippen LogP contribution in [0.2, 0.25) is 0 Å². The van der Waals surface area contributed by atoms with E-state index in [0.717, 1.165) is 6.07 Å². The third-order valence-corrected chi connectivity index (χ3v) is 5.18. The highest BCUT2D eigenvalue weighted by Gasteiger charge is 2.36. The van der Waals surface area contributed by atoms with Crippen LogP contribution in [-0.2, 0) is 31.1 Å². The van der Waals surface area contributed by atoms with Gasteiger partial charge >= 0.3 is 0 Å². The van der Waals surface area contributed by atoms with Crippen LogP contribution in [0.3, 0.4) is 0 Å². The van der Waals surface area contributed by atoms with Gasteiger partial charge in [-0.15, -0.1) is 0 Å². The van der Waals surface area contributed by atoms with Crippen LogP contribution in [0, 0.1) is 0 Å². The minimum atomic E-state index is -4.85. The second kappa shape index (κ2) is 5.30. The molecule has 6 nitrogen and oxygen atoms in total. The Bertz CT molecular complexity index is 791. The smallest absolute Gasteiger partial charge is 0.282 e. The van der Waals surface area contributed by atoms with Crippen LogP contribution in [0.25, 0.3) is 0 Å². The van der Waals surface area contributed by atoms with E-state index in [9.17, 15) is 25.9 Å². The highest BCUT2D eigenvalue weighted by molar-refractivity contribution is 7.89. The minimum absolute atomic E-state index is 0.178. The molecule has 0 aliphatic heterocycles. The van der Waals surface area contributed by atoms with Crippen molar-refractivity contribution < 1.29 is 25.9 Å². The third kappa shape index (κ3) is 3.87. The zero-order valence-corrected chi connectivity index (χ0v) is 15.1. The van der Waals surface area contributed by atoms with Gasteiger partial charge in [0.25, 0.3) is 20.2 Å². The van der Waals surface area contributed by atoms with E-state index in [1.807, 2.05) is 20.8 Å². The molecule has 0 fully saturated rings. The second-order valence-electron chi connectivity index (χ2n) is 7.27. The fourth-order valence-corrected chi connectivity index (χ4v) is 4.60. The van der Waals surface area contributed by atoms with E-state index in [2.05, 4.69) is 0 Å². The van der Waals surface area contributed by atoms with E-state index in [1.165, 1.54) is 6.07 Å². The lowest BCUT2D eigenvalue weighted by molar-refractivity contribution is 0.454. The third-order valence-electron chi connectivity index (χ3n) is 3.22. The van der Waals surface area contributed by atoms with E-state index in [-0.39, 0.29) is 5.56 Å². The van der Waals surface area contributed by atoms with Crippen molar-refractivity contribution in [1.29, 1.82) is 0 Å². The molecular weight excluding hydrogens is 328 g/mol.